The molecule has 0 saturated heterocycles. The minimum Gasteiger partial charge on any atom is -0.490 e. The van der Waals surface area contributed by atoms with Gasteiger partial charge < -0.3 is 14.2 Å². The van der Waals surface area contributed by atoms with E-state index in [1.165, 1.54) is 0 Å². The molecule has 0 atom stereocenters. The molecule has 1 aromatic carbocycles. The van der Waals surface area contributed by atoms with E-state index in [9.17, 15) is 9.59 Å². The Bertz CT molecular complexity index is 444. The Morgan fingerprint density at radius 1 is 0.826 bits per heavy atom. The van der Waals surface area contributed by atoms with Gasteiger partial charge in [-0.2, -0.15) is 0 Å². The highest BCUT2D eigenvalue weighted by Crippen LogP contribution is 2.08. The van der Waals surface area contributed by atoms with Gasteiger partial charge in [0, 0.05) is 12.8 Å². The van der Waals surface area contributed by atoms with E-state index in [-0.39, 0.29) is 18.5 Å². The Kier molecular flexibility index (Phi) is 10.3. The maximum Gasteiger partial charge on any atom is 0.305 e. The van der Waals surface area contributed by atoms with Gasteiger partial charge in [0.1, 0.15) is 19.0 Å². The van der Waals surface area contributed by atoms with Gasteiger partial charge in [-0.25, -0.2) is 0 Å². The molecule has 5 nitrogen and oxygen atoms in total. The molecule has 0 aromatic heterocycles. The number of para-hydroxylation sites is 1. The van der Waals surface area contributed by atoms with Crippen molar-refractivity contribution in [2.24, 2.45) is 0 Å². The topological polar surface area (TPSA) is 61.8 Å². The molecule has 0 aliphatic rings. The fraction of sp³-hybridized carbons (Fsp3) is 0.556. The number of carbonyl (C=O) groups excluding carboxylic acids is 2. The van der Waals surface area contributed by atoms with Gasteiger partial charge in [-0.1, -0.05) is 31.5 Å². The molecule has 0 fully saturated rings. The Labute approximate surface area is 137 Å². The van der Waals surface area contributed by atoms with Crippen molar-refractivity contribution in [2.75, 3.05) is 19.8 Å². The van der Waals surface area contributed by atoms with Gasteiger partial charge in [-0.15, -0.1) is 0 Å². The smallest absolute Gasteiger partial charge is 0.305 e. The highest BCUT2D eigenvalue weighted by Gasteiger charge is 2.06. The fourth-order valence-electron chi connectivity index (χ4n) is 1.85. The molecule has 1 aromatic rings. The molecule has 128 valence electrons. The zero-order chi connectivity index (χ0) is 16.8. The highest BCUT2D eigenvalue weighted by atomic mass is 16.6. The molecule has 0 spiro atoms. The highest BCUT2D eigenvalue weighted by molar-refractivity contribution is 5.70. The first-order chi connectivity index (χ1) is 11.2. The number of hydrogen-bond acceptors (Lipinski definition) is 5. The SMILES string of the molecule is CCCCOC(=O)CCCCC(=O)OCCOc1ccccc1. The Morgan fingerprint density at radius 2 is 1.43 bits per heavy atom. The summed E-state index contributed by atoms with van der Waals surface area (Å²) in [4.78, 5) is 22.9. The number of hydrogen-bond donors (Lipinski definition) is 0. The van der Waals surface area contributed by atoms with Crippen LogP contribution in [0.1, 0.15) is 45.4 Å². The van der Waals surface area contributed by atoms with Gasteiger partial charge in [-0.3, -0.25) is 9.59 Å². The van der Waals surface area contributed by atoms with Gasteiger partial charge in [0.15, 0.2) is 0 Å². The van der Waals surface area contributed by atoms with Crippen LogP contribution < -0.4 is 4.74 Å². The van der Waals surface area contributed by atoms with Crippen molar-refractivity contribution in [1.82, 2.24) is 0 Å². The second-order valence-corrected chi connectivity index (χ2v) is 5.16. The summed E-state index contributed by atoms with van der Waals surface area (Å²) in [6, 6.07) is 9.37. The quantitative estimate of drug-likeness (QED) is 0.435. The van der Waals surface area contributed by atoms with E-state index < -0.39 is 0 Å². The van der Waals surface area contributed by atoms with Crippen LogP contribution in [0.3, 0.4) is 0 Å². The first kappa shape index (κ1) is 19.0. The molecule has 0 aliphatic carbocycles. The zero-order valence-electron chi connectivity index (χ0n) is 13.8. The van der Waals surface area contributed by atoms with E-state index in [1.807, 2.05) is 37.3 Å². The summed E-state index contributed by atoms with van der Waals surface area (Å²) in [5.41, 5.74) is 0. The molecule has 1 rings (SSSR count). The van der Waals surface area contributed by atoms with Gasteiger partial charge in [0.25, 0.3) is 0 Å². The molecule has 0 bridgehead atoms. The maximum absolute atomic E-state index is 11.5. The minimum atomic E-state index is -0.263. The van der Waals surface area contributed by atoms with Crippen LogP contribution in [0, 0.1) is 0 Å². The van der Waals surface area contributed by atoms with Crippen molar-refractivity contribution in [3.63, 3.8) is 0 Å². The predicted octanol–water partition coefficient (Wildman–Crippen LogP) is 3.51. The standard InChI is InChI=1S/C18H26O5/c1-2-3-13-22-17(19)11-7-8-12-18(20)23-15-14-21-16-9-5-4-6-10-16/h4-6,9-10H,2-3,7-8,11-15H2,1H3. The van der Waals surface area contributed by atoms with Crippen LogP contribution in [0.5, 0.6) is 5.75 Å². The summed E-state index contributed by atoms with van der Waals surface area (Å²) < 4.78 is 15.5. The van der Waals surface area contributed by atoms with E-state index in [2.05, 4.69) is 0 Å². The van der Waals surface area contributed by atoms with Gasteiger partial charge in [-0.05, 0) is 31.4 Å². The molecule has 23 heavy (non-hydrogen) atoms. The first-order valence-electron chi connectivity index (χ1n) is 8.21. The summed E-state index contributed by atoms with van der Waals surface area (Å²) >= 11 is 0. The van der Waals surface area contributed by atoms with Crippen LogP contribution >= 0.6 is 0 Å². The number of unbranched alkanes of at least 4 members (excludes halogenated alkanes) is 2. The van der Waals surface area contributed by atoms with Crippen molar-refractivity contribution in [3.05, 3.63) is 30.3 Å². The van der Waals surface area contributed by atoms with E-state index >= 15 is 0 Å². The number of esters is 2. The number of rotatable bonds is 12. The summed E-state index contributed by atoms with van der Waals surface area (Å²) in [6.45, 7) is 3.09. The average Bonchev–Trinajstić information content (AvgIpc) is 2.57. The number of ether oxygens (including phenoxy) is 3. The van der Waals surface area contributed by atoms with Crippen LogP contribution in [-0.4, -0.2) is 31.8 Å². The summed E-state index contributed by atoms with van der Waals surface area (Å²) in [7, 11) is 0. The lowest BCUT2D eigenvalue weighted by Crippen LogP contribution is -2.12. The normalized spacial score (nSPS) is 10.1. The van der Waals surface area contributed by atoms with Crippen LogP contribution in [0.2, 0.25) is 0 Å². The molecule has 0 amide bonds. The minimum absolute atomic E-state index is 0.192. The van der Waals surface area contributed by atoms with Crippen molar-refractivity contribution in [2.45, 2.75) is 45.4 Å². The predicted molar refractivity (Wildman–Crippen MR) is 87.2 cm³/mol. The maximum atomic E-state index is 11.5. The monoisotopic (exact) mass is 322 g/mol. The van der Waals surface area contributed by atoms with Crippen molar-refractivity contribution in [1.29, 1.82) is 0 Å². The molecule has 0 N–H and O–H groups in total. The molecule has 0 unspecified atom stereocenters. The molecule has 5 heteroatoms. The van der Waals surface area contributed by atoms with E-state index in [1.54, 1.807) is 0 Å². The van der Waals surface area contributed by atoms with Gasteiger partial charge in [0.05, 0.1) is 6.61 Å². The first-order valence-corrected chi connectivity index (χ1v) is 8.21. The lowest BCUT2D eigenvalue weighted by molar-refractivity contribution is -0.146. The van der Waals surface area contributed by atoms with E-state index in [0.717, 1.165) is 18.6 Å². The summed E-state index contributed by atoms with van der Waals surface area (Å²) in [5, 5.41) is 0. The van der Waals surface area contributed by atoms with E-state index in [4.69, 9.17) is 14.2 Å². The third-order valence-corrected chi connectivity index (χ3v) is 3.13. The van der Waals surface area contributed by atoms with Crippen molar-refractivity contribution in [3.8, 4) is 5.75 Å². The second kappa shape index (κ2) is 12.5. The molecular formula is C18H26O5. The zero-order valence-corrected chi connectivity index (χ0v) is 13.8. The molecule has 0 aliphatic heterocycles. The molecule has 0 heterocycles. The second-order valence-electron chi connectivity index (χ2n) is 5.16. The van der Waals surface area contributed by atoms with E-state index in [0.29, 0.717) is 38.9 Å². The molecular weight excluding hydrogens is 296 g/mol. The summed E-state index contributed by atoms with van der Waals surface area (Å²) in [6.07, 6.45) is 3.83. The molecule has 0 saturated carbocycles. The van der Waals surface area contributed by atoms with Crippen molar-refractivity contribution >= 4 is 11.9 Å². The Hall–Kier alpha value is -2.04. The number of carbonyl (C=O) groups is 2. The molecule has 0 radical (unpaired) electrons. The largest absolute Gasteiger partial charge is 0.490 e. The van der Waals surface area contributed by atoms with Crippen LogP contribution in [-0.2, 0) is 19.1 Å². The van der Waals surface area contributed by atoms with Crippen molar-refractivity contribution < 1.29 is 23.8 Å². The van der Waals surface area contributed by atoms with Crippen LogP contribution in [0.4, 0.5) is 0 Å². The Balaban J connectivity index is 1.95. The van der Waals surface area contributed by atoms with Gasteiger partial charge >= 0.3 is 11.9 Å². The lowest BCUT2D eigenvalue weighted by atomic mass is 10.2. The van der Waals surface area contributed by atoms with Crippen LogP contribution in [0.25, 0.3) is 0 Å². The fourth-order valence-corrected chi connectivity index (χ4v) is 1.85. The number of benzene rings is 1. The van der Waals surface area contributed by atoms with Crippen LogP contribution in [0.15, 0.2) is 30.3 Å². The summed E-state index contributed by atoms with van der Waals surface area (Å²) in [5.74, 6) is 0.300. The third kappa shape index (κ3) is 10.3. The average molecular weight is 322 g/mol. The third-order valence-electron chi connectivity index (χ3n) is 3.13. The van der Waals surface area contributed by atoms with Gasteiger partial charge in [0.2, 0.25) is 0 Å². The lowest BCUT2D eigenvalue weighted by Gasteiger charge is -2.07. The Morgan fingerprint density at radius 3 is 2.04 bits per heavy atom.